The highest BCUT2D eigenvalue weighted by Crippen LogP contribution is 2.35. The molecule has 21 heavy (non-hydrogen) atoms. The molecule has 1 aliphatic heterocycles. The van der Waals surface area contributed by atoms with Crippen LogP contribution in [0.25, 0.3) is 21.8 Å². The Hall–Kier alpha value is -2.69. The summed E-state index contributed by atoms with van der Waals surface area (Å²) in [6.45, 7) is 1.72. The highest BCUT2D eigenvalue weighted by atomic mass is 19.1. The fraction of sp³-hybridized carbons (Fsp3) is 0.125. The summed E-state index contributed by atoms with van der Waals surface area (Å²) in [7, 11) is 0. The maximum absolute atomic E-state index is 14.7. The van der Waals surface area contributed by atoms with E-state index in [0.717, 1.165) is 11.1 Å². The van der Waals surface area contributed by atoms with Crippen LogP contribution in [0.4, 0.5) is 4.39 Å². The lowest BCUT2D eigenvalue weighted by molar-refractivity contribution is 0.0964. The summed E-state index contributed by atoms with van der Waals surface area (Å²) >= 11 is 0. The van der Waals surface area contributed by atoms with Crippen molar-refractivity contribution < 1.29 is 14.0 Å². The maximum Gasteiger partial charge on any atom is 0.251 e. The average molecular weight is 282 g/mol. The van der Waals surface area contributed by atoms with Gasteiger partial charge in [0.2, 0.25) is 0 Å². The number of ketones is 1. The number of amides is 1. The van der Waals surface area contributed by atoms with Crippen molar-refractivity contribution in [1.29, 1.82) is 0 Å². The molecule has 4 nitrogen and oxygen atoms in total. The fourth-order valence-electron chi connectivity index (χ4n) is 3.04. The number of halogens is 1. The van der Waals surface area contributed by atoms with Crippen molar-refractivity contribution in [2.45, 2.75) is 13.5 Å². The van der Waals surface area contributed by atoms with Crippen molar-refractivity contribution >= 4 is 33.5 Å². The lowest BCUT2D eigenvalue weighted by Gasteiger charge is -2.03. The summed E-state index contributed by atoms with van der Waals surface area (Å²) in [6.07, 6.45) is 0. The van der Waals surface area contributed by atoms with Crippen LogP contribution >= 0.6 is 0 Å². The number of aromatic amines is 1. The molecule has 2 N–H and O–H groups in total. The van der Waals surface area contributed by atoms with Crippen LogP contribution in [0.15, 0.2) is 24.3 Å². The van der Waals surface area contributed by atoms with Gasteiger partial charge in [-0.05, 0) is 36.8 Å². The van der Waals surface area contributed by atoms with Crippen LogP contribution in [0.2, 0.25) is 0 Å². The minimum absolute atomic E-state index is 0.0679. The van der Waals surface area contributed by atoms with E-state index in [9.17, 15) is 14.0 Å². The fourth-order valence-corrected chi connectivity index (χ4v) is 3.04. The largest absolute Gasteiger partial charge is 0.354 e. The number of H-pyrrole nitrogens is 1. The Morgan fingerprint density at radius 2 is 1.86 bits per heavy atom. The number of rotatable bonds is 1. The van der Waals surface area contributed by atoms with Gasteiger partial charge in [0.15, 0.2) is 5.78 Å². The van der Waals surface area contributed by atoms with Gasteiger partial charge in [0.05, 0.1) is 5.56 Å². The Balaban J connectivity index is 2.22. The molecule has 2 heterocycles. The van der Waals surface area contributed by atoms with Gasteiger partial charge in [0.25, 0.3) is 5.91 Å². The molecule has 104 valence electrons. The van der Waals surface area contributed by atoms with Crippen LogP contribution in [0.1, 0.15) is 33.2 Å². The molecule has 2 aromatic carbocycles. The lowest BCUT2D eigenvalue weighted by atomic mass is 10.0. The van der Waals surface area contributed by atoms with Crippen LogP contribution in [-0.4, -0.2) is 16.7 Å². The molecule has 1 amide bonds. The molecule has 1 aromatic heterocycles. The zero-order valence-electron chi connectivity index (χ0n) is 11.2. The number of carbonyl (C=O) groups excluding carboxylic acids is 2. The molecular formula is C16H11FN2O2. The first-order chi connectivity index (χ1) is 10.1. The van der Waals surface area contributed by atoms with E-state index in [-0.39, 0.29) is 17.3 Å². The van der Waals surface area contributed by atoms with Crippen LogP contribution in [0.5, 0.6) is 0 Å². The van der Waals surface area contributed by atoms with Gasteiger partial charge in [-0.1, -0.05) is 0 Å². The first kappa shape index (κ1) is 12.1. The third-order valence-corrected chi connectivity index (χ3v) is 4.02. The number of aromatic nitrogens is 1. The lowest BCUT2D eigenvalue weighted by Crippen LogP contribution is -2.12. The number of carbonyl (C=O) groups is 2. The van der Waals surface area contributed by atoms with Crippen LogP contribution in [-0.2, 0) is 6.54 Å². The second-order valence-electron chi connectivity index (χ2n) is 5.23. The van der Waals surface area contributed by atoms with Gasteiger partial charge in [0.1, 0.15) is 5.82 Å². The standard InChI is InChI=1S/C16H11FN2O2/c1-7(20)8-2-4-12-14(15(8)17)13-10-6-18-16(21)9(10)3-5-11(13)19-12/h2-5,19H,6H2,1H3,(H,18,21). The average Bonchev–Trinajstić information content (AvgIpc) is 2.99. The molecule has 0 atom stereocenters. The van der Waals surface area contributed by atoms with Gasteiger partial charge < -0.3 is 10.3 Å². The molecule has 1 aliphatic rings. The van der Waals surface area contributed by atoms with Crippen LogP contribution < -0.4 is 5.32 Å². The minimum Gasteiger partial charge on any atom is -0.354 e. The van der Waals surface area contributed by atoms with E-state index in [1.807, 2.05) is 0 Å². The predicted molar refractivity (Wildman–Crippen MR) is 76.9 cm³/mol. The van der Waals surface area contributed by atoms with Crippen molar-refractivity contribution in [2.75, 3.05) is 0 Å². The van der Waals surface area contributed by atoms with Crippen molar-refractivity contribution in [3.8, 4) is 0 Å². The van der Waals surface area contributed by atoms with Gasteiger partial charge in [0, 0.05) is 33.9 Å². The molecule has 3 aromatic rings. The highest BCUT2D eigenvalue weighted by molar-refractivity contribution is 6.15. The summed E-state index contributed by atoms with van der Waals surface area (Å²) in [6, 6.07) is 6.69. The molecule has 0 radical (unpaired) electrons. The Bertz CT molecular complexity index is 956. The summed E-state index contributed by atoms with van der Waals surface area (Å²) in [4.78, 5) is 26.4. The quantitative estimate of drug-likeness (QED) is 0.674. The Kier molecular flexibility index (Phi) is 2.25. The van der Waals surface area contributed by atoms with E-state index < -0.39 is 5.82 Å². The predicted octanol–water partition coefficient (Wildman–Crippen LogP) is 2.91. The van der Waals surface area contributed by atoms with Crippen LogP contribution in [0.3, 0.4) is 0 Å². The number of fused-ring (bicyclic) bond motifs is 5. The smallest absolute Gasteiger partial charge is 0.251 e. The molecular weight excluding hydrogens is 271 g/mol. The van der Waals surface area contributed by atoms with E-state index in [0.29, 0.717) is 28.4 Å². The maximum atomic E-state index is 14.7. The first-order valence-electron chi connectivity index (χ1n) is 6.63. The van der Waals surface area contributed by atoms with Crippen molar-refractivity contribution in [3.05, 3.63) is 46.8 Å². The molecule has 0 spiro atoms. The van der Waals surface area contributed by atoms with E-state index >= 15 is 0 Å². The second-order valence-corrected chi connectivity index (χ2v) is 5.23. The molecule has 0 aliphatic carbocycles. The van der Waals surface area contributed by atoms with E-state index in [1.165, 1.54) is 13.0 Å². The third-order valence-electron chi connectivity index (χ3n) is 4.02. The molecule has 5 heteroatoms. The van der Waals surface area contributed by atoms with Crippen molar-refractivity contribution in [1.82, 2.24) is 10.3 Å². The van der Waals surface area contributed by atoms with Crippen LogP contribution in [0, 0.1) is 5.82 Å². The summed E-state index contributed by atoms with van der Waals surface area (Å²) in [5.41, 5.74) is 2.80. The summed E-state index contributed by atoms with van der Waals surface area (Å²) in [5, 5.41) is 3.81. The molecule has 0 fully saturated rings. The number of hydrogen-bond donors (Lipinski definition) is 2. The molecule has 0 saturated carbocycles. The Labute approximate surface area is 118 Å². The number of hydrogen-bond acceptors (Lipinski definition) is 2. The number of Topliss-reactive ketones (excluding diaryl/α,β-unsaturated/α-hetero) is 1. The summed E-state index contributed by atoms with van der Waals surface area (Å²) < 4.78 is 14.7. The minimum atomic E-state index is -0.529. The summed E-state index contributed by atoms with van der Waals surface area (Å²) in [5.74, 6) is -0.992. The zero-order chi connectivity index (χ0) is 14.7. The van der Waals surface area contributed by atoms with E-state index in [1.54, 1.807) is 18.2 Å². The Morgan fingerprint density at radius 1 is 1.14 bits per heavy atom. The Morgan fingerprint density at radius 3 is 2.62 bits per heavy atom. The molecule has 0 unspecified atom stereocenters. The molecule has 0 bridgehead atoms. The van der Waals surface area contributed by atoms with Gasteiger partial charge in [-0.15, -0.1) is 0 Å². The van der Waals surface area contributed by atoms with Crippen molar-refractivity contribution in [2.24, 2.45) is 0 Å². The van der Waals surface area contributed by atoms with E-state index in [4.69, 9.17) is 0 Å². The van der Waals surface area contributed by atoms with Gasteiger partial charge >= 0.3 is 0 Å². The van der Waals surface area contributed by atoms with Gasteiger partial charge in [-0.25, -0.2) is 4.39 Å². The normalized spacial score (nSPS) is 13.7. The van der Waals surface area contributed by atoms with Crippen molar-refractivity contribution in [3.63, 3.8) is 0 Å². The third kappa shape index (κ3) is 1.48. The number of benzene rings is 2. The first-order valence-corrected chi connectivity index (χ1v) is 6.63. The number of nitrogens with one attached hydrogen (secondary N) is 2. The van der Waals surface area contributed by atoms with Gasteiger partial charge in [-0.3, -0.25) is 9.59 Å². The monoisotopic (exact) mass is 282 g/mol. The topological polar surface area (TPSA) is 62.0 Å². The SMILES string of the molecule is CC(=O)c1ccc2[nH]c3ccc4c(c3c2c1F)CNC4=O. The molecule has 4 rings (SSSR count). The molecule has 0 saturated heterocycles. The van der Waals surface area contributed by atoms with Gasteiger partial charge in [-0.2, -0.15) is 0 Å². The zero-order valence-corrected chi connectivity index (χ0v) is 11.2. The van der Waals surface area contributed by atoms with E-state index in [2.05, 4.69) is 10.3 Å². The second kappa shape index (κ2) is 3.91. The highest BCUT2D eigenvalue weighted by Gasteiger charge is 2.25.